The highest BCUT2D eigenvalue weighted by molar-refractivity contribution is 6.18. The van der Waals surface area contributed by atoms with E-state index in [1.54, 1.807) is 0 Å². The summed E-state index contributed by atoms with van der Waals surface area (Å²) in [5.41, 5.74) is 0. The van der Waals surface area contributed by atoms with Crippen LogP contribution in [-0.2, 0) is 19.1 Å². The fourth-order valence-corrected chi connectivity index (χ4v) is 0.485. The summed E-state index contributed by atoms with van der Waals surface area (Å²) in [6.45, 7) is 1.29. The van der Waals surface area contributed by atoms with Crippen molar-refractivity contribution in [3.8, 4) is 0 Å². The van der Waals surface area contributed by atoms with E-state index in [1.807, 2.05) is 0 Å². The highest BCUT2D eigenvalue weighted by atomic mass is 35.5. The Kier molecular flexibility index (Phi) is 6.47. The molecule has 0 atom stereocenters. The maximum atomic E-state index is 10.7. The Morgan fingerprint density at radius 2 is 2.08 bits per heavy atom. The normalized spacial score (nSPS) is 9.17. The third-order valence-corrected chi connectivity index (χ3v) is 1.06. The summed E-state index contributed by atoms with van der Waals surface area (Å²) in [6.07, 6.45) is 1.22. The average molecular weight is 194 g/mol. The van der Waals surface area contributed by atoms with Crippen LogP contribution in [0.25, 0.3) is 0 Å². The minimum atomic E-state index is -0.592. The van der Waals surface area contributed by atoms with Crippen LogP contribution in [0.2, 0.25) is 0 Å². The predicted molar refractivity (Wildman–Crippen MR) is 42.6 cm³/mol. The maximum absolute atomic E-state index is 10.7. The van der Waals surface area contributed by atoms with Gasteiger partial charge in [-0.3, -0.25) is 4.79 Å². The fourth-order valence-electron chi connectivity index (χ4n) is 0.407. The van der Waals surface area contributed by atoms with Gasteiger partial charge < -0.3 is 9.47 Å². The third kappa shape index (κ3) is 5.97. The van der Waals surface area contributed by atoms with Gasteiger partial charge in [0.05, 0.1) is 12.3 Å². The van der Waals surface area contributed by atoms with Gasteiger partial charge in [0.15, 0.2) is 6.61 Å². The van der Waals surface area contributed by atoms with Crippen LogP contribution < -0.4 is 0 Å². The van der Waals surface area contributed by atoms with E-state index in [-0.39, 0.29) is 19.1 Å². The molecule has 0 aliphatic heterocycles. The van der Waals surface area contributed by atoms with Crippen molar-refractivity contribution in [2.75, 3.05) is 19.1 Å². The van der Waals surface area contributed by atoms with Gasteiger partial charge in [0.1, 0.15) is 6.61 Å². The highest BCUT2D eigenvalue weighted by Crippen LogP contribution is 1.86. The van der Waals surface area contributed by atoms with Gasteiger partial charge in [-0.25, -0.2) is 4.79 Å². The zero-order chi connectivity index (χ0) is 9.40. The van der Waals surface area contributed by atoms with E-state index in [1.165, 1.54) is 13.3 Å². The molecule has 0 unspecified atom stereocenters. The SMILES string of the molecule is C[CH]C(=O)OCC(=O)OCCCl. The van der Waals surface area contributed by atoms with Gasteiger partial charge in [0.2, 0.25) is 0 Å². The monoisotopic (exact) mass is 193 g/mol. The van der Waals surface area contributed by atoms with Crippen molar-refractivity contribution in [1.29, 1.82) is 0 Å². The van der Waals surface area contributed by atoms with E-state index >= 15 is 0 Å². The Labute approximate surface area is 75.8 Å². The molecule has 69 valence electrons. The van der Waals surface area contributed by atoms with E-state index in [0.717, 1.165) is 0 Å². The molecule has 0 aromatic carbocycles. The molecule has 5 heteroatoms. The van der Waals surface area contributed by atoms with Gasteiger partial charge in [-0.15, -0.1) is 11.6 Å². The predicted octanol–water partition coefficient (Wildman–Crippen LogP) is 0.536. The van der Waals surface area contributed by atoms with Gasteiger partial charge >= 0.3 is 11.9 Å². The molecule has 0 saturated heterocycles. The average Bonchev–Trinajstić information content (AvgIpc) is 2.10. The molecule has 0 heterocycles. The number of rotatable bonds is 5. The first-order valence-corrected chi connectivity index (χ1v) is 3.92. The third-order valence-electron chi connectivity index (χ3n) is 0.908. The largest absolute Gasteiger partial charge is 0.462 e. The van der Waals surface area contributed by atoms with Crippen molar-refractivity contribution in [2.24, 2.45) is 0 Å². The van der Waals surface area contributed by atoms with Crippen LogP contribution in [0.3, 0.4) is 0 Å². The minimum Gasteiger partial charge on any atom is -0.462 e. The first-order chi connectivity index (χ1) is 5.70. The van der Waals surface area contributed by atoms with E-state index in [9.17, 15) is 9.59 Å². The number of alkyl halides is 1. The molecule has 1 radical (unpaired) electrons. The van der Waals surface area contributed by atoms with Crippen molar-refractivity contribution >= 4 is 23.5 Å². The Morgan fingerprint density at radius 3 is 2.58 bits per heavy atom. The zero-order valence-corrected chi connectivity index (χ0v) is 7.47. The van der Waals surface area contributed by atoms with Gasteiger partial charge in [-0.2, -0.15) is 0 Å². The molecular weight excluding hydrogens is 184 g/mol. The van der Waals surface area contributed by atoms with Crippen LogP contribution in [0.15, 0.2) is 0 Å². The van der Waals surface area contributed by atoms with Crippen molar-refractivity contribution < 1.29 is 19.1 Å². The molecule has 0 amide bonds. The number of carbonyl (C=O) groups excluding carboxylic acids is 2. The van der Waals surface area contributed by atoms with Gasteiger partial charge in [0, 0.05) is 0 Å². The zero-order valence-electron chi connectivity index (χ0n) is 6.71. The Morgan fingerprint density at radius 1 is 1.42 bits per heavy atom. The van der Waals surface area contributed by atoms with Crippen LogP contribution in [0.4, 0.5) is 0 Å². The summed E-state index contributed by atoms with van der Waals surface area (Å²) < 4.78 is 8.96. The number of esters is 2. The van der Waals surface area contributed by atoms with E-state index in [4.69, 9.17) is 11.6 Å². The van der Waals surface area contributed by atoms with Crippen LogP contribution in [0.5, 0.6) is 0 Å². The quantitative estimate of drug-likeness (QED) is 0.472. The lowest BCUT2D eigenvalue weighted by Gasteiger charge is -2.02. The summed E-state index contributed by atoms with van der Waals surface area (Å²) in [5.74, 6) is -0.900. The molecule has 0 bridgehead atoms. The van der Waals surface area contributed by atoms with Crippen molar-refractivity contribution in [1.82, 2.24) is 0 Å². The molecule has 0 saturated carbocycles. The molecule has 0 N–H and O–H groups in total. The molecule has 4 nitrogen and oxygen atoms in total. The smallest absolute Gasteiger partial charge is 0.344 e. The Balaban J connectivity index is 3.37. The van der Waals surface area contributed by atoms with Gasteiger partial charge in [0.25, 0.3) is 0 Å². The number of hydrogen-bond acceptors (Lipinski definition) is 4. The number of hydrogen-bond donors (Lipinski definition) is 0. The summed E-state index contributed by atoms with van der Waals surface area (Å²) in [5, 5.41) is 0. The lowest BCUT2D eigenvalue weighted by molar-refractivity contribution is -0.156. The van der Waals surface area contributed by atoms with Crippen LogP contribution >= 0.6 is 11.6 Å². The van der Waals surface area contributed by atoms with E-state index in [2.05, 4.69) is 9.47 Å². The molecule has 0 aliphatic rings. The Hall–Kier alpha value is -0.770. The lowest BCUT2D eigenvalue weighted by Crippen LogP contribution is -2.16. The standard InChI is InChI=1S/C7H10ClO4/c1-2-6(9)12-5-7(10)11-4-3-8/h2H,3-5H2,1H3. The molecule has 0 aliphatic carbocycles. The van der Waals surface area contributed by atoms with Crippen LogP contribution in [0, 0.1) is 6.42 Å². The number of ether oxygens (including phenoxy) is 2. The molecule has 12 heavy (non-hydrogen) atoms. The lowest BCUT2D eigenvalue weighted by atomic mass is 10.5. The second kappa shape index (κ2) is 6.91. The second-order valence-corrected chi connectivity index (χ2v) is 2.18. The maximum Gasteiger partial charge on any atom is 0.344 e. The minimum absolute atomic E-state index is 0.133. The van der Waals surface area contributed by atoms with Gasteiger partial charge in [-0.05, 0) is 0 Å². The summed E-state index contributed by atoms with van der Waals surface area (Å²) in [4.78, 5) is 21.1. The van der Waals surface area contributed by atoms with E-state index < -0.39 is 11.9 Å². The summed E-state index contributed by atoms with van der Waals surface area (Å²) >= 11 is 5.24. The molecule has 0 rings (SSSR count). The molecule has 0 aromatic rings. The van der Waals surface area contributed by atoms with Gasteiger partial charge in [-0.1, -0.05) is 6.92 Å². The first kappa shape index (κ1) is 11.2. The van der Waals surface area contributed by atoms with Crippen molar-refractivity contribution in [3.63, 3.8) is 0 Å². The number of carbonyl (C=O) groups is 2. The van der Waals surface area contributed by atoms with Crippen LogP contribution in [0.1, 0.15) is 6.92 Å². The van der Waals surface area contributed by atoms with Crippen molar-refractivity contribution in [3.05, 3.63) is 6.42 Å². The topological polar surface area (TPSA) is 52.6 Å². The van der Waals surface area contributed by atoms with E-state index in [0.29, 0.717) is 0 Å². The highest BCUT2D eigenvalue weighted by Gasteiger charge is 2.05. The summed E-state index contributed by atoms with van der Waals surface area (Å²) in [6, 6.07) is 0. The number of halogens is 1. The molecule has 0 aromatic heterocycles. The fraction of sp³-hybridized carbons (Fsp3) is 0.571. The van der Waals surface area contributed by atoms with Crippen molar-refractivity contribution in [2.45, 2.75) is 6.92 Å². The Bertz CT molecular complexity index is 157. The molecule has 0 spiro atoms. The summed E-state index contributed by atoms with van der Waals surface area (Å²) in [7, 11) is 0. The van der Waals surface area contributed by atoms with Crippen LogP contribution in [-0.4, -0.2) is 31.0 Å². The second-order valence-electron chi connectivity index (χ2n) is 1.81. The first-order valence-electron chi connectivity index (χ1n) is 3.38. The molecular formula is C7H10ClO4. The molecule has 0 fully saturated rings.